The predicted octanol–water partition coefficient (Wildman–Crippen LogP) is 1.52. The van der Waals surface area contributed by atoms with E-state index in [1.54, 1.807) is 7.05 Å². The lowest BCUT2D eigenvalue weighted by Crippen LogP contribution is -2.23. The quantitative estimate of drug-likeness (QED) is 0.699. The highest BCUT2D eigenvalue weighted by Crippen LogP contribution is 2.15. The fourth-order valence-electron chi connectivity index (χ4n) is 1.24. The minimum atomic E-state index is -0.133. The topological polar surface area (TPSA) is 29.1 Å². The van der Waals surface area contributed by atoms with Gasteiger partial charge in [0.2, 0.25) is 5.91 Å². The van der Waals surface area contributed by atoms with Crippen LogP contribution in [-0.4, -0.2) is 13.0 Å². The maximum Gasteiger partial charge on any atom is 0.227 e. The van der Waals surface area contributed by atoms with Crippen LogP contribution < -0.4 is 5.32 Å². The first-order valence-corrected chi connectivity index (χ1v) is 4.47. The molecule has 2 nitrogen and oxygen atoms in total. The molecule has 1 amide bonds. The molecule has 0 spiro atoms. The molecular formula is C12H13NO. The third-order valence-electron chi connectivity index (χ3n) is 2.22. The summed E-state index contributed by atoms with van der Waals surface area (Å²) in [6.45, 7) is 1.86. The van der Waals surface area contributed by atoms with Crippen molar-refractivity contribution in [1.29, 1.82) is 0 Å². The van der Waals surface area contributed by atoms with Gasteiger partial charge in [0.1, 0.15) is 0 Å². The van der Waals surface area contributed by atoms with Gasteiger partial charge in [-0.1, -0.05) is 18.1 Å². The molecule has 1 aromatic rings. The van der Waals surface area contributed by atoms with Crippen LogP contribution in [0.5, 0.6) is 0 Å². The molecule has 1 rings (SSSR count). The van der Waals surface area contributed by atoms with E-state index in [0.717, 1.165) is 11.1 Å². The number of hydrogen-bond acceptors (Lipinski definition) is 1. The fraction of sp³-hybridized carbons (Fsp3) is 0.250. The molecule has 14 heavy (non-hydrogen) atoms. The van der Waals surface area contributed by atoms with Crippen LogP contribution in [0.4, 0.5) is 0 Å². The Kier molecular flexibility index (Phi) is 3.30. The molecule has 1 unspecified atom stereocenters. The monoisotopic (exact) mass is 187 g/mol. The number of carbonyl (C=O) groups excluding carboxylic acids is 1. The van der Waals surface area contributed by atoms with Crippen molar-refractivity contribution < 1.29 is 4.79 Å². The van der Waals surface area contributed by atoms with Crippen LogP contribution in [0.15, 0.2) is 24.3 Å². The average Bonchev–Trinajstić information content (AvgIpc) is 2.27. The van der Waals surface area contributed by atoms with E-state index in [4.69, 9.17) is 6.42 Å². The van der Waals surface area contributed by atoms with E-state index in [2.05, 4.69) is 11.2 Å². The molecule has 0 aliphatic rings. The smallest absolute Gasteiger partial charge is 0.227 e. The summed E-state index contributed by atoms with van der Waals surface area (Å²) >= 11 is 0. The third kappa shape index (κ3) is 2.14. The SMILES string of the molecule is C#Cc1ccc(C(C)C(=O)NC)cc1. The van der Waals surface area contributed by atoms with Gasteiger partial charge in [0.05, 0.1) is 5.92 Å². The predicted molar refractivity (Wildman–Crippen MR) is 56.9 cm³/mol. The molecule has 0 saturated carbocycles. The van der Waals surface area contributed by atoms with Crippen molar-refractivity contribution >= 4 is 5.91 Å². The Morgan fingerprint density at radius 1 is 1.43 bits per heavy atom. The zero-order valence-corrected chi connectivity index (χ0v) is 8.37. The van der Waals surface area contributed by atoms with Crippen LogP contribution in [0.3, 0.4) is 0 Å². The van der Waals surface area contributed by atoms with Crippen molar-refractivity contribution in [1.82, 2.24) is 5.32 Å². The molecule has 1 N–H and O–H groups in total. The van der Waals surface area contributed by atoms with Crippen molar-refractivity contribution in [3.63, 3.8) is 0 Å². The zero-order valence-electron chi connectivity index (χ0n) is 8.37. The van der Waals surface area contributed by atoms with Crippen molar-refractivity contribution in [3.8, 4) is 12.3 Å². The van der Waals surface area contributed by atoms with Crippen molar-refractivity contribution in [2.24, 2.45) is 0 Å². The Bertz CT molecular complexity index is 359. The number of benzene rings is 1. The first kappa shape index (κ1) is 10.3. The van der Waals surface area contributed by atoms with Gasteiger partial charge in [0, 0.05) is 12.6 Å². The lowest BCUT2D eigenvalue weighted by atomic mass is 9.99. The summed E-state index contributed by atoms with van der Waals surface area (Å²) in [5, 5.41) is 2.61. The van der Waals surface area contributed by atoms with Crippen LogP contribution in [0.2, 0.25) is 0 Å². The van der Waals surface area contributed by atoms with Gasteiger partial charge in [-0.15, -0.1) is 6.42 Å². The van der Waals surface area contributed by atoms with Crippen LogP contribution in [0.25, 0.3) is 0 Å². The number of likely N-dealkylation sites (N-methyl/N-ethyl adjacent to an activating group) is 1. The molecule has 0 aliphatic carbocycles. The molecule has 0 bridgehead atoms. The maximum atomic E-state index is 11.3. The van der Waals surface area contributed by atoms with E-state index in [1.165, 1.54) is 0 Å². The molecule has 72 valence electrons. The number of nitrogens with one attached hydrogen (secondary N) is 1. The first-order chi connectivity index (χ1) is 6.69. The van der Waals surface area contributed by atoms with Crippen LogP contribution in [0.1, 0.15) is 24.0 Å². The van der Waals surface area contributed by atoms with Gasteiger partial charge in [0.25, 0.3) is 0 Å². The first-order valence-electron chi connectivity index (χ1n) is 4.47. The highest BCUT2D eigenvalue weighted by Gasteiger charge is 2.12. The summed E-state index contributed by atoms with van der Waals surface area (Å²) in [6.07, 6.45) is 5.23. The molecule has 1 atom stereocenters. The molecule has 0 heterocycles. The average molecular weight is 187 g/mol. The van der Waals surface area contributed by atoms with Crippen LogP contribution in [0, 0.1) is 12.3 Å². The Labute approximate surface area is 84.3 Å². The molecule has 0 aliphatic heterocycles. The minimum Gasteiger partial charge on any atom is -0.359 e. The van der Waals surface area contributed by atoms with Gasteiger partial charge in [-0.2, -0.15) is 0 Å². The number of carbonyl (C=O) groups is 1. The molecule has 2 heteroatoms. The summed E-state index contributed by atoms with van der Waals surface area (Å²) < 4.78 is 0. The molecule has 0 fully saturated rings. The van der Waals surface area contributed by atoms with E-state index in [0.29, 0.717) is 0 Å². The fourth-order valence-corrected chi connectivity index (χ4v) is 1.24. The van der Waals surface area contributed by atoms with E-state index in [-0.39, 0.29) is 11.8 Å². The lowest BCUT2D eigenvalue weighted by molar-refractivity contribution is -0.121. The Morgan fingerprint density at radius 3 is 2.43 bits per heavy atom. The van der Waals surface area contributed by atoms with Gasteiger partial charge >= 0.3 is 0 Å². The normalized spacial score (nSPS) is 11.5. The lowest BCUT2D eigenvalue weighted by Gasteiger charge is -2.09. The van der Waals surface area contributed by atoms with Gasteiger partial charge in [-0.25, -0.2) is 0 Å². The van der Waals surface area contributed by atoms with E-state index >= 15 is 0 Å². The number of hydrogen-bond donors (Lipinski definition) is 1. The molecule has 1 aromatic carbocycles. The second kappa shape index (κ2) is 4.48. The summed E-state index contributed by atoms with van der Waals surface area (Å²) in [7, 11) is 1.63. The van der Waals surface area contributed by atoms with E-state index in [9.17, 15) is 4.79 Å². The Balaban J connectivity index is 2.88. The third-order valence-corrected chi connectivity index (χ3v) is 2.22. The number of rotatable bonds is 2. The highest BCUT2D eigenvalue weighted by atomic mass is 16.1. The minimum absolute atomic E-state index is 0.0125. The van der Waals surface area contributed by atoms with E-state index < -0.39 is 0 Å². The van der Waals surface area contributed by atoms with Crippen molar-refractivity contribution in [2.75, 3.05) is 7.05 Å². The standard InChI is InChI=1S/C12H13NO/c1-4-10-5-7-11(8-6-10)9(2)12(14)13-3/h1,5-9H,2-3H3,(H,13,14). The largest absolute Gasteiger partial charge is 0.359 e. The van der Waals surface area contributed by atoms with Gasteiger partial charge < -0.3 is 5.32 Å². The van der Waals surface area contributed by atoms with Gasteiger partial charge in [-0.3, -0.25) is 4.79 Å². The van der Waals surface area contributed by atoms with Crippen LogP contribution in [-0.2, 0) is 4.79 Å². The zero-order chi connectivity index (χ0) is 10.6. The molecule has 0 aromatic heterocycles. The number of terminal acetylenes is 1. The second-order valence-electron chi connectivity index (χ2n) is 3.10. The van der Waals surface area contributed by atoms with Gasteiger partial charge in [-0.05, 0) is 24.6 Å². The number of amides is 1. The summed E-state index contributed by atoms with van der Waals surface area (Å²) in [4.78, 5) is 11.3. The van der Waals surface area contributed by atoms with Crippen molar-refractivity contribution in [2.45, 2.75) is 12.8 Å². The Morgan fingerprint density at radius 2 is 2.00 bits per heavy atom. The molecule has 0 saturated heterocycles. The Hall–Kier alpha value is -1.75. The molecular weight excluding hydrogens is 174 g/mol. The summed E-state index contributed by atoms with van der Waals surface area (Å²) in [5.41, 5.74) is 1.81. The summed E-state index contributed by atoms with van der Waals surface area (Å²) in [6, 6.07) is 7.45. The molecule has 0 radical (unpaired) electrons. The van der Waals surface area contributed by atoms with Crippen molar-refractivity contribution in [3.05, 3.63) is 35.4 Å². The van der Waals surface area contributed by atoms with E-state index in [1.807, 2.05) is 31.2 Å². The van der Waals surface area contributed by atoms with Gasteiger partial charge in [0.15, 0.2) is 0 Å². The second-order valence-corrected chi connectivity index (χ2v) is 3.10. The summed E-state index contributed by atoms with van der Waals surface area (Å²) in [5.74, 6) is 2.42. The highest BCUT2D eigenvalue weighted by molar-refractivity contribution is 5.82. The maximum absolute atomic E-state index is 11.3. The van der Waals surface area contributed by atoms with Crippen LogP contribution >= 0.6 is 0 Å².